The topological polar surface area (TPSA) is 50.4 Å². The first-order valence-electron chi connectivity index (χ1n) is 6.34. The second kappa shape index (κ2) is 7.65. The van der Waals surface area contributed by atoms with Gasteiger partial charge in [0, 0.05) is 16.3 Å². The van der Waals surface area contributed by atoms with Crippen LogP contribution in [0.2, 0.25) is 0 Å². The Morgan fingerprint density at radius 2 is 1.77 bits per heavy atom. The van der Waals surface area contributed by atoms with Gasteiger partial charge < -0.3 is 15.4 Å². The molecule has 0 saturated carbocycles. The summed E-state index contributed by atoms with van der Waals surface area (Å²) < 4.78 is 28.3. The third-order valence-electron chi connectivity index (χ3n) is 2.66. The standard InChI is InChI=1S/C15H14F2N2O2S/c1-22-13-4-2-3-11(9-13)19-15(20)18-10-5-7-12(8-6-10)21-14(16)17/h2-9,14H,1H3,(H2,18,19,20). The maximum Gasteiger partial charge on any atom is 0.387 e. The molecular formula is C15H14F2N2O2S. The number of hydrogen-bond donors (Lipinski definition) is 2. The van der Waals surface area contributed by atoms with E-state index in [0.29, 0.717) is 11.4 Å². The lowest BCUT2D eigenvalue weighted by Crippen LogP contribution is -2.19. The van der Waals surface area contributed by atoms with Gasteiger partial charge in [-0.3, -0.25) is 0 Å². The molecule has 0 spiro atoms. The predicted octanol–water partition coefficient (Wildman–Crippen LogP) is 4.65. The molecule has 2 N–H and O–H groups in total. The molecule has 4 nitrogen and oxygen atoms in total. The SMILES string of the molecule is CSc1cccc(NC(=O)Nc2ccc(OC(F)F)cc2)c1. The van der Waals surface area contributed by atoms with Crippen molar-refractivity contribution in [3.63, 3.8) is 0 Å². The molecule has 22 heavy (non-hydrogen) atoms. The van der Waals surface area contributed by atoms with Crippen molar-refractivity contribution in [2.24, 2.45) is 0 Å². The molecule has 0 bridgehead atoms. The van der Waals surface area contributed by atoms with Crippen LogP contribution in [-0.4, -0.2) is 18.9 Å². The molecule has 2 rings (SSSR count). The van der Waals surface area contributed by atoms with Crippen molar-refractivity contribution in [1.29, 1.82) is 0 Å². The molecule has 0 aliphatic rings. The highest BCUT2D eigenvalue weighted by atomic mass is 32.2. The van der Waals surface area contributed by atoms with Gasteiger partial charge in [-0.25, -0.2) is 4.79 Å². The van der Waals surface area contributed by atoms with Gasteiger partial charge in [0.25, 0.3) is 0 Å². The number of thioether (sulfide) groups is 1. The van der Waals surface area contributed by atoms with Crippen molar-refractivity contribution in [3.05, 3.63) is 48.5 Å². The summed E-state index contributed by atoms with van der Waals surface area (Å²) in [6.07, 6.45) is 1.95. The Balaban J connectivity index is 1.93. The highest BCUT2D eigenvalue weighted by molar-refractivity contribution is 7.98. The third-order valence-corrected chi connectivity index (χ3v) is 3.39. The van der Waals surface area contributed by atoms with E-state index in [1.807, 2.05) is 24.5 Å². The molecule has 0 atom stereocenters. The Bertz CT molecular complexity index is 636. The summed E-state index contributed by atoms with van der Waals surface area (Å²) in [6.45, 7) is -2.87. The molecule has 7 heteroatoms. The first-order valence-corrected chi connectivity index (χ1v) is 7.56. The summed E-state index contributed by atoms with van der Waals surface area (Å²) in [4.78, 5) is 12.9. The fourth-order valence-electron chi connectivity index (χ4n) is 1.71. The van der Waals surface area contributed by atoms with Crippen molar-refractivity contribution in [2.75, 3.05) is 16.9 Å². The molecule has 0 unspecified atom stereocenters. The van der Waals surface area contributed by atoms with Gasteiger partial charge in [0.15, 0.2) is 0 Å². The number of ether oxygens (including phenoxy) is 1. The first kappa shape index (κ1) is 16.1. The molecule has 0 heterocycles. The fraction of sp³-hybridized carbons (Fsp3) is 0.133. The summed E-state index contributed by atoms with van der Waals surface area (Å²) in [5, 5.41) is 5.31. The Morgan fingerprint density at radius 3 is 2.41 bits per heavy atom. The van der Waals surface area contributed by atoms with Gasteiger partial charge in [-0.05, 0) is 48.7 Å². The molecular weight excluding hydrogens is 310 g/mol. The number of nitrogens with one attached hydrogen (secondary N) is 2. The lowest BCUT2D eigenvalue weighted by atomic mass is 10.3. The maximum atomic E-state index is 12.0. The van der Waals surface area contributed by atoms with Crippen molar-refractivity contribution < 1.29 is 18.3 Å². The number of anilines is 2. The number of urea groups is 1. The zero-order valence-electron chi connectivity index (χ0n) is 11.7. The molecule has 0 saturated heterocycles. The average molecular weight is 324 g/mol. The Morgan fingerprint density at radius 1 is 1.09 bits per heavy atom. The van der Waals surface area contributed by atoms with Gasteiger partial charge in [-0.15, -0.1) is 11.8 Å². The third kappa shape index (κ3) is 4.92. The first-order chi connectivity index (χ1) is 10.6. The van der Waals surface area contributed by atoms with E-state index in [0.717, 1.165) is 4.90 Å². The van der Waals surface area contributed by atoms with Crippen LogP contribution in [0.5, 0.6) is 5.75 Å². The second-order valence-corrected chi connectivity index (χ2v) is 5.09. The highest BCUT2D eigenvalue weighted by Gasteiger charge is 2.06. The monoisotopic (exact) mass is 324 g/mol. The minimum atomic E-state index is -2.87. The van der Waals surface area contributed by atoms with E-state index < -0.39 is 12.6 Å². The normalized spacial score (nSPS) is 10.4. The van der Waals surface area contributed by atoms with Crippen molar-refractivity contribution in [1.82, 2.24) is 0 Å². The summed E-state index contributed by atoms with van der Waals surface area (Å²) in [5.74, 6) is 0.0358. The van der Waals surface area contributed by atoms with E-state index in [1.54, 1.807) is 17.8 Å². The number of halogens is 2. The van der Waals surface area contributed by atoms with E-state index in [4.69, 9.17) is 0 Å². The minimum absolute atomic E-state index is 0.0358. The number of alkyl halides is 2. The van der Waals surface area contributed by atoms with E-state index in [-0.39, 0.29) is 5.75 Å². The van der Waals surface area contributed by atoms with Crippen molar-refractivity contribution in [3.8, 4) is 5.75 Å². The number of benzene rings is 2. The van der Waals surface area contributed by atoms with Crippen molar-refractivity contribution in [2.45, 2.75) is 11.5 Å². The van der Waals surface area contributed by atoms with Gasteiger partial charge in [0.1, 0.15) is 5.75 Å². The van der Waals surface area contributed by atoms with Crippen molar-refractivity contribution >= 4 is 29.2 Å². The molecule has 0 fully saturated rings. The molecule has 0 aliphatic carbocycles. The zero-order chi connectivity index (χ0) is 15.9. The summed E-state index contributed by atoms with van der Waals surface area (Å²) >= 11 is 1.57. The van der Waals surface area contributed by atoms with E-state index in [1.165, 1.54) is 24.3 Å². The van der Waals surface area contributed by atoms with Gasteiger partial charge in [0.2, 0.25) is 0 Å². The quantitative estimate of drug-likeness (QED) is 0.787. The Kier molecular flexibility index (Phi) is 5.60. The molecule has 2 aromatic rings. The zero-order valence-corrected chi connectivity index (χ0v) is 12.5. The van der Waals surface area contributed by atoms with E-state index >= 15 is 0 Å². The molecule has 116 valence electrons. The van der Waals surface area contributed by atoms with Crippen LogP contribution < -0.4 is 15.4 Å². The van der Waals surface area contributed by atoms with Crippen LogP contribution in [0.1, 0.15) is 0 Å². The number of carbonyl (C=O) groups is 1. The number of hydrogen-bond acceptors (Lipinski definition) is 3. The van der Waals surface area contributed by atoms with Crippen LogP contribution in [0.3, 0.4) is 0 Å². The Hall–Kier alpha value is -2.28. The van der Waals surface area contributed by atoms with Gasteiger partial charge >= 0.3 is 12.6 Å². The average Bonchev–Trinajstić information content (AvgIpc) is 2.49. The van der Waals surface area contributed by atoms with E-state index in [2.05, 4.69) is 15.4 Å². The summed E-state index contributed by atoms with van der Waals surface area (Å²) in [6, 6.07) is 12.7. The van der Waals surface area contributed by atoms with Gasteiger partial charge in [-0.2, -0.15) is 8.78 Å². The lowest BCUT2D eigenvalue weighted by Gasteiger charge is -2.09. The van der Waals surface area contributed by atoms with Crippen LogP contribution in [-0.2, 0) is 0 Å². The number of carbonyl (C=O) groups excluding carboxylic acids is 1. The minimum Gasteiger partial charge on any atom is -0.435 e. The largest absolute Gasteiger partial charge is 0.435 e. The lowest BCUT2D eigenvalue weighted by molar-refractivity contribution is -0.0498. The number of amides is 2. The molecule has 0 aromatic heterocycles. The van der Waals surface area contributed by atoms with Crippen LogP contribution in [0.4, 0.5) is 25.0 Å². The van der Waals surface area contributed by atoms with Crippen LogP contribution >= 0.6 is 11.8 Å². The fourth-order valence-corrected chi connectivity index (χ4v) is 2.17. The smallest absolute Gasteiger partial charge is 0.387 e. The molecule has 2 amide bonds. The van der Waals surface area contributed by atoms with Gasteiger partial charge in [0.05, 0.1) is 0 Å². The maximum absolute atomic E-state index is 12.0. The van der Waals surface area contributed by atoms with Crippen LogP contribution in [0, 0.1) is 0 Å². The molecule has 0 aliphatic heterocycles. The molecule has 2 aromatic carbocycles. The van der Waals surface area contributed by atoms with Crippen LogP contribution in [0.15, 0.2) is 53.4 Å². The van der Waals surface area contributed by atoms with Gasteiger partial charge in [-0.1, -0.05) is 6.07 Å². The highest BCUT2D eigenvalue weighted by Crippen LogP contribution is 2.20. The second-order valence-electron chi connectivity index (χ2n) is 4.21. The summed E-state index contributed by atoms with van der Waals surface area (Å²) in [7, 11) is 0. The van der Waals surface area contributed by atoms with E-state index in [9.17, 15) is 13.6 Å². The van der Waals surface area contributed by atoms with Crippen LogP contribution in [0.25, 0.3) is 0 Å². The molecule has 0 radical (unpaired) electrons. The number of rotatable bonds is 5. The Labute approximate surface area is 130 Å². The summed E-state index contributed by atoms with van der Waals surface area (Å²) in [5.41, 5.74) is 1.14. The predicted molar refractivity (Wildman–Crippen MR) is 83.9 cm³/mol.